The molecule has 2 aliphatic rings. The fourth-order valence-electron chi connectivity index (χ4n) is 4.20. The molecule has 2 fully saturated rings. The summed E-state index contributed by atoms with van der Waals surface area (Å²) in [5, 5.41) is 3.39. The molecule has 1 saturated heterocycles. The Bertz CT molecular complexity index is 428. The molecule has 0 aromatic carbocycles. The van der Waals surface area contributed by atoms with Gasteiger partial charge in [-0.3, -0.25) is 0 Å². The zero-order chi connectivity index (χ0) is 15.5. The first-order valence-corrected chi connectivity index (χ1v) is 10.0. The highest BCUT2D eigenvalue weighted by Crippen LogP contribution is 2.39. The van der Waals surface area contributed by atoms with Crippen LogP contribution in [0.15, 0.2) is 0 Å². The van der Waals surface area contributed by atoms with Gasteiger partial charge in [-0.05, 0) is 31.2 Å². The summed E-state index contributed by atoms with van der Waals surface area (Å²) in [6.07, 6.45) is 6.58. The van der Waals surface area contributed by atoms with Crippen LogP contribution in [0.3, 0.4) is 0 Å². The van der Waals surface area contributed by atoms with Gasteiger partial charge in [-0.1, -0.05) is 19.8 Å². The van der Waals surface area contributed by atoms with E-state index in [-0.39, 0.29) is 0 Å². The van der Waals surface area contributed by atoms with E-state index < -0.39 is 10.0 Å². The van der Waals surface area contributed by atoms with E-state index in [9.17, 15) is 8.42 Å². The van der Waals surface area contributed by atoms with Crippen LogP contribution < -0.4 is 5.32 Å². The molecule has 21 heavy (non-hydrogen) atoms. The quantitative estimate of drug-likeness (QED) is 0.821. The monoisotopic (exact) mass is 317 g/mol. The largest absolute Gasteiger partial charge is 0.319 e. The average Bonchev–Trinajstić information content (AvgIpc) is 2.38. The van der Waals surface area contributed by atoms with Gasteiger partial charge in [0.25, 0.3) is 0 Å². The summed E-state index contributed by atoms with van der Waals surface area (Å²) in [6, 6.07) is 0. The Morgan fingerprint density at radius 2 is 1.90 bits per heavy atom. The van der Waals surface area contributed by atoms with Gasteiger partial charge < -0.3 is 10.2 Å². The Labute approximate surface area is 130 Å². The number of sulfonamides is 1. The van der Waals surface area contributed by atoms with E-state index in [2.05, 4.69) is 17.1 Å². The van der Waals surface area contributed by atoms with E-state index in [1.54, 1.807) is 4.31 Å². The maximum Gasteiger partial charge on any atom is 0.211 e. The fraction of sp³-hybridized carbons (Fsp3) is 1.00. The number of piperazine rings is 1. The summed E-state index contributed by atoms with van der Waals surface area (Å²) in [7, 11) is -0.978. The lowest BCUT2D eigenvalue weighted by molar-refractivity contribution is 0.0651. The molecule has 2 unspecified atom stereocenters. The molecule has 2 atom stereocenters. The number of nitrogens with one attached hydrogen (secondary N) is 1. The molecule has 1 aliphatic carbocycles. The lowest BCUT2D eigenvalue weighted by atomic mass is 9.69. The molecule has 0 bridgehead atoms. The molecule has 0 amide bonds. The normalized spacial score (nSPS) is 33.2. The smallest absolute Gasteiger partial charge is 0.211 e. The maximum absolute atomic E-state index is 11.6. The van der Waals surface area contributed by atoms with E-state index in [0.29, 0.717) is 18.5 Å². The van der Waals surface area contributed by atoms with E-state index >= 15 is 0 Å². The molecular formula is C15H31N3O2S. The summed E-state index contributed by atoms with van der Waals surface area (Å²) >= 11 is 0. The molecule has 0 aromatic rings. The molecule has 0 aromatic heterocycles. The molecule has 0 radical (unpaired) electrons. The van der Waals surface area contributed by atoms with Crippen molar-refractivity contribution in [2.75, 3.05) is 52.6 Å². The maximum atomic E-state index is 11.6. The summed E-state index contributed by atoms with van der Waals surface area (Å²) in [4.78, 5) is 2.47. The molecular weight excluding hydrogens is 286 g/mol. The van der Waals surface area contributed by atoms with Gasteiger partial charge in [-0.15, -0.1) is 0 Å². The van der Waals surface area contributed by atoms with Gasteiger partial charge in [0, 0.05) is 39.3 Å². The second-order valence-electron chi connectivity index (χ2n) is 7.17. The van der Waals surface area contributed by atoms with E-state index in [4.69, 9.17) is 0 Å². The summed E-state index contributed by atoms with van der Waals surface area (Å²) in [5.41, 5.74) is 0.375. The van der Waals surface area contributed by atoms with E-state index in [0.717, 1.165) is 32.1 Å². The Morgan fingerprint density at radius 1 is 1.24 bits per heavy atom. The minimum Gasteiger partial charge on any atom is -0.319 e. The third-order valence-corrected chi connectivity index (χ3v) is 6.40. The van der Waals surface area contributed by atoms with Crippen LogP contribution >= 0.6 is 0 Å². The number of hydrogen-bond acceptors (Lipinski definition) is 4. The first-order chi connectivity index (χ1) is 9.85. The lowest BCUT2D eigenvalue weighted by Crippen LogP contribution is -2.53. The summed E-state index contributed by atoms with van der Waals surface area (Å²) < 4.78 is 24.8. The molecule has 1 saturated carbocycles. The van der Waals surface area contributed by atoms with Gasteiger partial charge in [0.15, 0.2) is 0 Å². The molecule has 2 rings (SSSR count). The van der Waals surface area contributed by atoms with Crippen LogP contribution in [-0.2, 0) is 10.0 Å². The van der Waals surface area contributed by atoms with Crippen LogP contribution in [0.2, 0.25) is 0 Å². The predicted octanol–water partition coefficient (Wildman–Crippen LogP) is 0.980. The van der Waals surface area contributed by atoms with Crippen molar-refractivity contribution in [3.8, 4) is 0 Å². The molecule has 1 N–H and O–H groups in total. The predicted molar refractivity (Wildman–Crippen MR) is 86.8 cm³/mol. The molecule has 0 spiro atoms. The zero-order valence-electron chi connectivity index (χ0n) is 13.8. The van der Waals surface area contributed by atoms with E-state index in [1.165, 1.54) is 31.9 Å². The fourth-order valence-corrected chi connectivity index (χ4v) is 5.02. The lowest BCUT2D eigenvalue weighted by Gasteiger charge is -2.45. The second-order valence-corrected chi connectivity index (χ2v) is 9.15. The molecule has 5 nitrogen and oxygen atoms in total. The first-order valence-electron chi connectivity index (χ1n) is 8.17. The van der Waals surface area contributed by atoms with Crippen LogP contribution in [0.4, 0.5) is 0 Å². The van der Waals surface area contributed by atoms with Gasteiger partial charge >= 0.3 is 0 Å². The topological polar surface area (TPSA) is 52.6 Å². The van der Waals surface area contributed by atoms with Gasteiger partial charge in [-0.2, -0.15) is 4.31 Å². The van der Waals surface area contributed by atoms with Crippen LogP contribution in [0.5, 0.6) is 0 Å². The van der Waals surface area contributed by atoms with Crippen LogP contribution in [-0.4, -0.2) is 70.2 Å². The van der Waals surface area contributed by atoms with Crippen molar-refractivity contribution in [1.29, 1.82) is 0 Å². The first kappa shape index (κ1) is 17.2. The number of hydrogen-bond donors (Lipinski definition) is 1. The van der Waals surface area contributed by atoms with Crippen LogP contribution in [0.1, 0.15) is 32.6 Å². The average molecular weight is 317 g/mol. The highest BCUT2D eigenvalue weighted by molar-refractivity contribution is 7.88. The summed E-state index contributed by atoms with van der Waals surface area (Å²) in [6.45, 7) is 7.57. The third kappa shape index (κ3) is 4.65. The zero-order valence-corrected chi connectivity index (χ0v) is 14.6. The highest BCUT2D eigenvalue weighted by Gasteiger charge is 2.37. The van der Waals surface area contributed by atoms with Crippen molar-refractivity contribution < 1.29 is 8.42 Å². The minimum atomic E-state index is -3.02. The Morgan fingerprint density at radius 3 is 2.43 bits per heavy atom. The van der Waals surface area contributed by atoms with Gasteiger partial charge in [0.1, 0.15) is 0 Å². The van der Waals surface area contributed by atoms with Crippen LogP contribution in [0, 0.1) is 11.3 Å². The summed E-state index contributed by atoms with van der Waals surface area (Å²) in [5.74, 6) is 0.810. The minimum absolute atomic E-state index is 0.375. The third-order valence-electron chi connectivity index (χ3n) is 5.10. The Balaban J connectivity index is 1.93. The molecule has 124 valence electrons. The number of nitrogens with zero attached hydrogens (tertiary/aromatic N) is 2. The highest BCUT2D eigenvalue weighted by atomic mass is 32.2. The van der Waals surface area contributed by atoms with E-state index in [1.807, 2.05) is 7.05 Å². The molecule has 6 heteroatoms. The van der Waals surface area contributed by atoms with Crippen LogP contribution in [0.25, 0.3) is 0 Å². The SMILES string of the molecule is CNCC1(CN2CCN(S(C)(=O)=O)CC2)CCCC(C)C1. The van der Waals surface area contributed by atoms with Crippen molar-refractivity contribution in [3.05, 3.63) is 0 Å². The number of rotatable bonds is 5. The Hall–Kier alpha value is -0.170. The molecule has 1 heterocycles. The van der Waals surface area contributed by atoms with Crippen molar-refractivity contribution >= 4 is 10.0 Å². The van der Waals surface area contributed by atoms with Crippen molar-refractivity contribution in [2.45, 2.75) is 32.6 Å². The van der Waals surface area contributed by atoms with Crippen molar-refractivity contribution in [2.24, 2.45) is 11.3 Å². The van der Waals surface area contributed by atoms with Gasteiger partial charge in [0.05, 0.1) is 6.26 Å². The van der Waals surface area contributed by atoms with Gasteiger partial charge in [0.2, 0.25) is 10.0 Å². The standard InChI is InChI=1S/C15H31N3O2S/c1-14-5-4-6-15(11-14,12-16-2)13-17-7-9-18(10-8-17)21(3,19)20/h14,16H,4-13H2,1-3H3. The molecule has 1 aliphatic heterocycles. The van der Waals surface area contributed by atoms with Crippen molar-refractivity contribution in [3.63, 3.8) is 0 Å². The van der Waals surface area contributed by atoms with Crippen molar-refractivity contribution in [1.82, 2.24) is 14.5 Å². The second kappa shape index (κ2) is 6.94. The Kier molecular flexibility index (Phi) is 5.68. The van der Waals surface area contributed by atoms with Gasteiger partial charge in [-0.25, -0.2) is 8.42 Å².